The van der Waals surface area contributed by atoms with Crippen LogP contribution >= 0.6 is 0 Å². The van der Waals surface area contributed by atoms with Gasteiger partial charge >= 0.3 is 5.97 Å². The molecule has 1 N–H and O–H groups in total. The molecule has 146 valence electrons. The third kappa shape index (κ3) is 4.34. The van der Waals surface area contributed by atoms with E-state index in [2.05, 4.69) is 5.16 Å². The highest BCUT2D eigenvalue weighted by Gasteiger charge is 2.47. The molecule has 0 amide bonds. The van der Waals surface area contributed by atoms with Crippen LogP contribution in [0.5, 0.6) is 0 Å². The van der Waals surface area contributed by atoms with Gasteiger partial charge in [-0.05, 0) is 75.0 Å². The molecule has 4 rings (SSSR count). The van der Waals surface area contributed by atoms with Gasteiger partial charge in [0.25, 0.3) is 0 Å². The molecule has 2 saturated heterocycles. The summed E-state index contributed by atoms with van der Waals surface area (Å²) in [6.07, 6.45) is 13.2. The number of hydrogen-bond donors (Lipinski definition) is 1. The van der Waals surface area contributed by atoms with Crippen LogP contribution < -0.4 is 0 Å². The second-order valence-electron chi connectivity index (χ2n) is 8.19. The van der Waals surface area contributed by atoms with Gasteiger partial charge in [0.2, 0.25) is 0 Å². The highest BCUT2D eigenvalue weighted by molar-refractivity contribution is 5.87. The molecular formula is C22H29NO4. The molecule has 27 heavy (non-hydrogen) atoms. The number of ether oxygens (including phenoxy) is 1. The largest absolute Gasteiger partial charge is 0.478 e. The van der Waals surface area contributed by atoms with Crippen molar-refractivity contribution in [3.8, 4) is 0 Å². The van der Waals surface area contributed by atoms with Crippen LogP contribution in [-0.2, 0) is 16.0 Å². The fraction of sp³-hybridized carbons (Fsp3) is 0.636. The minimum Gasteiger partial charge on any atom is -0.478 e. The minimum atomic E-state index is -0.878. The van der Waals surface area contributed by atoms with Crippen LogP contribution in [0.3, 0.4) is 0 Å². The molecule has 1 aliphatic carbocycles. The Kier molecular flexibility index (Phi) is 5.77. The van der Waals surface area contributed by atoms with Crippen molar-refractivity contribution in [2.75, 3.05) is 0 Å². The van der Waals surface area contributed by atoms with E-state index in [9.17, 15) is 4.79 Å². The van der Waals surface area contributed by atoms with Gasteiger partial charge in [0.15, 0.2) is 0 Å². The SMILES string of the molecule is O=C(O)c1ccc(CC[C@H]2[C@@H](C=NOC3CCCCC3)[C@H]3CC[C@@H]2O3)cc1. The summed E-state index contributed by atoms with van der Waals surface area (Å²) in [6, 6.07) is 7.22. The highest BCUT2D eigenvalue weighted by Crippen LogP contribution is 2.44. The lowest BCUT2D eigenvalue weighted by Gasteiger charge is -2.25. The van der Waals surface area contributed by atoms with Gasteiger partial charge < -0.3 is 14.7 Å². The van der Waals surface area contributed by atoms with Crippen molar-refractivity contribution in [3.05, 3.63) is 35.4 Å². The van der Waals surface area contributed by atoms with Crippen molar-refractivity contribution in [1.29, 1.82) is 0 Å². The van der Waals surface area contributed by atoms with E-state index < -0.39 is 5.97 Å². The molecule has 2 bridgehead atoms. The summed E-state index contributed by atoms with van der Waals surface area (Å²) in [4.78, 5) is 16.7. The number of nitrogens with zero attached hydrogens (tertiary/aromatic N) is 1. The van der Waals surface area contributed by atoms with Gasteiger partial charge in [0.05, 0.1) is 17.8 Å². The van der Waals surface area contributed by atoms with Crippen LogP contribution in [0.2, 0.25) is 0 Å². The zero-order valence-corrected chi connectivity index (χ0v) is 15.8. The number of carboxylic acid groups (broad SMARTS) is 1. The number of oxime groups is 1. The van der Waals surface area contributed by atoms with E-state index in [1.807, 2.05) is 18.3 Å². The molecule has 0 spiro atoms. The van der Waals surface area contributed by atoms with Crippen molar-refractivity contribution in [2.24, 2.45) is 17.0 Å². The number of fused-ring (bicyclic) bond motifs is 2. The molecule has 0 unspecified atom stereocenters. The molecule has 1 saturated carbocycles. The molecule has 3 aliphatic rings. The van der Waals surface area contributed by atoms with Gasteiger partial charge in [-0.1, -0.05) is 23.7 Å². The maximum absolute atomic E-state index is 11.0. The van der Waals surface area contributed by atoms with E-state index in [1.165, 1.54) is 24.8 Å². The first-order valence-corrected chi connectivity index (χ1v) is 10.4. The van der Waals surface area contributed by atoms with Gasteiger partial charge in [-0.2, -0.15) is 0 Å². The number of carboxylic acids is 1. The normalized spacial score (nSPS) is 30.8. The Morgan fingerprint density at radius 2 is 1.85 bits per heavy atom. The third-order valence-electron chi connectivity index (χ3n) is 6.45. The van der Waals surface area contributed by atoms with E-state index in [1.54, 1.807) is 12.1 Å². The van der Waals surface area contributed by atoms with Crippen molar-refractivity contribution >= 4 is 12.2 Å². The minimum absolute atomic E-state index is 0.285. The van der Waals surface area contributed by atoms with Gasteiger partial charge in [-0.25, -0.2) is 4.79 Å². The van der Waals surface area contributed by atoms with Crippen LogP contribution in [0.4, 0.5) is 0 Å². The Morgan fingerprint density at radius 3 is 2.59 bits per heavy atom. The molecule has 0 radical (unpaired) electrons. The van der Waals surface area contributed by atoms with E-state index >= 15 is 0 Å². The lowest BCUT2D eigenvalue weighted by atomic mass is 9.77. The first-order valence-electron chi connectivity index (χ1n) is 10.4. The molecule has 0 aromatic heterocycles. The lowest BCUT2D eigenvalue weighted by Crippen LogP contribution is -2.29. The first kappa shape index (κ1) is 18.5. The molecule has 3 fully saturated rings. The van der Waals surface area contributed by atoms with Crippen molar-refractivity contribution in [1.82, 2.24) is 0 Å². The van der Waals surface area contributed by atoms with Crippen molar-refractivity contribution in [2.45, 2.75) is 76.1 Å². The second-order valence-corrected chi connectivity index (χ2v) is 8.19. The average molecular weight is 371 g/mol. The maximum Gasteiger partial charge on any atom is 0.335 e. The molecule has 2 aliphatic heterocycles. The van der Waals surface area contributed by atoms with Crippen LogP contribution in [-0.4, -0.2) is 35.6 Å². The summed E-state index contributed by atoms with van der Waals surface area (Å²) in [6.45, 7) is 0. The molecule has 4 atom stereocenters. The Morgan fingerprint density at radius 1 is 1.11 bits per heavy atom. The van der Waals surface area contributed by atoms with Gasteiger partial charge in [0.1, 0.15) is 6.10 Å². The maximum atomic E-state index is 11.0. The zero-order chi connectivity index (χ0) is 18.6. The van der Waals surface area contributed by atoms with Crippen LogP contribution in [0.1, 0.15) is 67.3 Å². The molecule has 2 heterocycles. The monoisotopic (exact) mass is 371 g/mol. The zero-order valence-electron chi connectivity index (χ0n) is 15.8. The van der Waals surface area contributed by atoms with Crippen LogP contribution in [0, 0.1) is 11.8 Å². The summed E-state index contributed by atoms with van der Waals surface area (Å²) >= 11 is 0. The van der Waals surface area contributed by atoms with Crippen LogP contribution in [0.15, 0.2) is 29.4 Å². The first-order chi connectivity index (χ1) is 13.2. The summed E-state index contributed by atoms with van der Waals surface area (Å²) in [7, 11) is 0. The number of benzene rings is 1. The molecular weight excluding hydrogens is 342 g/mol. The fourth-order valence-electron chi connectivity index (χ4n) is 4.91. The Bertz CT molecular complexity index is 665. The Balaban J connectivity index is 1.33. The number of rotatable bonds is 7. The topological polar surface area (TPSA) is 68.1 Å². The summed E-state index contributed by atoms with van der Waals surface area (Å²) in [5.41, 5.74) is 1.52. The van der Waals surface area contributed by atoms with Gasteiger partial charge in [-0.15, -0.1) is 0 Å². The van der Waals surface area contributed by atoms with E-state index in [4.69, 9.17) is 14.7 Å². The van der Waals surface area contributed by atoms with Crippen molar-refractivity contribution in [3.63, 3.8) is 0 Å². The number of aromatic carboxylic acids is 1. The predicted molar refractivity (Wildman–Crippen MR) is 103 cm³/mol. The standard InChI is InChI=1S/C22H29NO4/c24-22(25)16-9-6-15(7-10-16)8-11-18-19(21-13-12-20(18)26-21)14-23-27-17-4-2-1-3-5-17/h6-7,9-10,14,17-21H,1-5,8,11-13H2,(H,24,25)/t18-,19+,20-,21+/m0/s1. The third-order valence-corrected chi connectivity index (χ3v) is 6.45. The van der Waals surface area contributed by atoms with Crippen molar-refractivity contribution < 1.29 is 19.5 Å². The number of carbonyl (C=O) groups is 1. The fourth-order valence-corrected chi connectivity index (χ4v) is 4.91. The molecule has 5 heteroatoms. The second kappa shape index (κ2) is 8.42. The number of hydrogen-bond acceptors (Lipinski definition) is 4. The van der Waals surface area contributed by atoms with E-state index in [0.29, 0.717) is 29.6 Å². The average Bonchev–Trinajstić information content (AvgIpc) is 3.29. The quantitative estimate of drug-likeness (QED) is 0.568. The van der Waals surface area contributed by atoms with Gasteiger partial charge in [-0.3, -0.25) is 0 Å². The molecule has 1 aromatic rings. The van der Waals surface area contributed by atoms with E-state index in [-0.39, 0.29) is 6.10 Å². The Labute approximate surface area is 160 Å². The van der Waals surface area contributed by atoms with E-state index in [0.717, 1.165) is 38.5 Å². The summed E-state index contributed by atoms with van der Waals surface area (Å²) < 4.78 is 6.15. The van der Waals surface area contributed by atoms with Gasteiger partial charge in [0, 0.05) is 12.1 Å². The number of aryl methyl sites for hydroxylation is 1. The molecule has 1 aromatic carbocycles. The molecule has 5 nitrogen and oxygen atoms in total. The Hall–Kier alpha value is -1.88. The smallest absolute Gasteiger partial charge is 0.335 e. The van der Waals surface area contributed by atoms with Crippen LogP contribution in [0.25, 0.3) is 0 Å². The predicted octanol–water partition coefficient (Wildman–Crippen LogP) is 4.45. The highest BCUT2D eigenvalue weighted by atomic mass is 16.6. The summed E-state index contributed by atoms with van der Waals surface area (Å²) in [5.74, 6) is -0.0652. The lowest BCUT2D eigenvalue weighted by molar-refractivity contribution is 0.0323. The summed E-state index contributed by atoms with van der Waals surface area (Å²) in [5, 5.41) is 13.4.